The molecule has 0 aliphatic heterocycles. The van der Waals surface area contributed by atoms with Gasteiger partial charge in [-0.25, -0.2) is 0 Å². The molecular formula is C26H36N2O3. The summed E-state index contributed by atoms with van der Waals surface area (Å²) in [6, 6.07) is 13.3. The second-order valence-corrected chi connectivity index (χ2v) is 8.30. The standard InChI is InChI=1S/C26H36N2O3/c1-7-21(6)27-26(30)24(8-2)28(16-22-12-10-9-11-20(22)5)25(29)17-31-23-14-18(3)13-19(4)15-23/h9-15,21,24H,7-8,16-17H2,1-6H3,(H,27,30). The molecule has 2 aromatic carbocycles. The van der Waals surface area contributed by atoms with Crippen LogP contribution in [0.4, 0.5) is 0 Å². The topological polar surface area (TPSA) is 58.6 Å². The lowest BCUT2D eigenvalue weighted by molar-refractivity contribution is -0.143. The lowest BCUT2D eigenvalue weighted by Gasteiger charge is -2.31. The van der Waals surface area contributed by atoms with Crippen molar-refractivity contribution in [2.45, 2.75) is 73.0 Å². The highest BCUT2D eigenvalue weighted by atomic mass is 16.5. The highest BCUT2D eigenvalue weighted by Gasteiger charge is 2.29. The summed E-state index contributed by atoms with van der Waals surface area (Å²) in [5, 5.41) is 3.03. The Morgan fingerprint density at radius 1 is 1.00 bits per heavy atom. The normalized spacial score (nSPS) is 12.7. The molecule has 0 saturated heterocycles. The zero-order valence-electron chi connectivity index (χ0n) is 19.7. The summed E-state index contributed by atoms with van der Waals surface area (Å²) in [6.45, 7) is 12.2. The van der Waals surface area contributed by atoms with Crippen LogP contribution in [0, 0.1) is 20.8 Å². The summed E-state index contributed by atoms with van der Waals surface area (Å²) in [4.78, 5) is 27.9. The molecule has 2 aromatic rings. The number of ether oxygens (including phenoxy) is 1. The summed E-state index contributed by atoms with van der Waals surface area (Å²) in [6.07, 6.45) is 1.37. The van der Waals surface area contributed by atoms with Crippen molar-refractivity contribution in [3.8, 4) is 5.75 Å². The Labute approximate surface area is 186 Å². The van der Waals surface area contributed by atoms with Gasteiger partial charge in [0, 0.05) is 12.6 Å². The summed E-state index contributed by atoms with van der Waals surface area (Å²) < 4.78 is 5.83. The van der Waals surface area contributed by atoms with Crippen LogP contribution in [0.2, 0.25) is 0 Å². The Morgan fingerprint density at radius 3 is 2.23 bits per heavy atom. The smallest absolute Gasteiger partial charge is 0.261 e. The fraction of sp³-hybridized carbons (Fsp3) is 0.462. The molecule has 2 unspecified atom stereocenters. The van der Waals surface area contributed by atoms with Crippen molar-refractivity contribution in [1.82, 2.24) is 10.2 Å². The Bertz CT molecular complexity index is 874. The van der Waals surface area contributed by atoms with Crippen LogP contribution in [0.25, 0.3) is 0 Å². The van der Waals surface area contributed by atoms with Crippen LogP contribution in [0.1, 0.15) is 55.9 Å². The fourth-order valence-electron chi connectivity index (χ4n) is 3.58. The average molecular weight is 425 g/mol. The first-order valence-corrected chi connectivity index (χ1v) is 11.1. The summed E-state index contributed by atoms with van der Waals surface area (Å²) >= 11 is 0. The van der Waals surface area contributed by atoms with Crippen LogP contribution in [-0.4, -0.2) is 35.4 Å². The van der Waals surface area contributed by atoms with Gasteiger partial charge in [0.1, 0.15) is 11.8 Å². The minimum Gasteiger partial charge on any atom is -0.484 e. The van der Waals surface area contributed by atoms with Crippen molar-refractivity contribution in [3.63, 3.8) is 0 Å². The van der Waals surface area contributed by atoms with Crippen molar-refractivity contribution in [1.29, 1.82) is 0 Å². The second-order valence-electron chi connectivity index (χ2n) is 8.30. The van der Waals surface area contributed by atoms with E-state index in [1.807, 2.05) is 77.9 Å². The zero-order valence-corrected chi connectivity index (χ0v) is 19.7. The predicted octanol–water partition coefficient (Wildman–Crippen LogP) is 4.71. The number of aryl methyl sites for hydroxylation is 3. The highest BCUT2D eigenvalue weighted by molar-refractivity contribution is 5.88. The third-order valence-electron chi connectivity index (χ3n) is 5.55. The molecule has 0 saturated carbocycles. The molecule has 5 heteroatoms. The summed E-state index contributed by atoms with van der Waals surface area (Å²) in [7, 11) is 0. The number of hydrogen-bond donors (Lipinski definition) is 1. The van der Waals surface area contributed by atoms with Gasteiger partial charge in [-0.15, -0.1) is 0 Å². The van der Waals surface area contributed by atoms with E-state index in [1.54, 1.807) is 4.90 Å². The number of rotatable bonds is 10. The number of benzene rings is 2. The number of hydrogen-bond acceptors (Lipinski definition) is 3. The van der Waals surface area contributed by atoms with Gasteiger partial charge in [0.05, 0.1) is 0 Å². The monoisotopic (exact) mass is 424 g/mol. The Balaban J connectivity index is 2.25. The maximum Gasteiger partial charge on any atom is 0.261 e. The van der Waals surface area contributed by atoms with E-state index in [1.165, 1.54) is 0 Å². The molecule has 0 bridgehead atoms. The molecule has 2 atom stereocenters. The van der Waals surface area contributed by atoms with Gasteiger partial charge in [-0.2, -0.15) is 0 Å². The summed E-state index contributed by atoms with van der Waals surface area (Å²) in [5.41, 5.74) is 4.28. The molecule has 0 spiro atoms. The van der Waals surface area contributed by atoms with Crippen molar-refractivity contribution in [2.24, 2.45) is 0 Å². The van der Waals surface area contributed by atoms with E-state index in [2.05, 4.69) is 11.4 Å². The van der Waals surface area contributed by atoms with Crippen LogP contribution < -0.4 is 10.1 Å². The Hall–Kier alpha value is -2.82. The van der Waals surface area contributed by atoms with E-state index in [4.69, 9.17) is 4.74 Å². The predicted molar refractivity (Wildman–Crippen MR) is 125 cm³/mol. The third kappa shape index (κ3) is 7.12. The zero-order chi connectivity index (χ0) is 23.0. The molecule has 0 heterocycles. The maximum absolute atomic E-state index is 13.3. The largest absolute Gasteiger partial charge is 0.484 e. The quantitative estimate of drug-likeness (QED) is 0.601. The molecular weight excluding hydrogens is 388 g/mol. The fourth-order valence-corrected chi connectivity index (χ4v) is 3.58. The van der Waals surface area contributed by atoms with Crippen molar-refractivity contribution in [3.05, 3.63) is 64.7 Å². The first-order valence-electron chi connectivity index (χ1n) is 11.1. The average Bonchev–Trinajstić information content (AvgIpc) is 2.72. The van der Waals surface area contributed by atoms with Crippen molar-refractivity contribution < 1.29 is 14.3 Å². The van der Waals surface area contributed by atoms with Crippen molar-refractivity contribution in [2.75, 3.05) is 6.61 Å². The van der Waals surface area contributed by atoms with E-state index in [0.29, 0.717) is 18.7 Å². The van der Waals surface area contributed by atoms with Crippen LogP contribution in [-0.2, 0) is 16.1 Å². The molecule has 0 fully saturated rings. The Morgan fingerprint density at radius 2 is 1.65 bits per heavy atom. The van der Waals surface area contributed by atoms with E-state index >= 15 is 0 Å². The van der Waals surface area contributed by atoms with Gasteiger partial charge < -0.3 is 15.0 Å². The molecule has 5 nitrogen and oxygen atoms in total. The maximum atomic E-state index is 13.3. The Kier molecular flexibility index (Phi) is 9.10. The van der Waals surface area contributed by atoms with E-state index in [-0.39, 0.29) is 24.5 Å². The lowest BCUT2D eigenvalue weighted by Crippen LogP contribution is -2.51. The first kappa shape index (κ1) is 24.4. The number of amides is 2. The van der Waals surface area contributed by atoms with Gasteiger partial charge in [0.15, 0.2) is 6.61 Å². The van der Waals surface area contributed by atoms with Crippen LogP contribution in [0.5, 0.6) is 5.75 Å². The molecule has 0 aliphatic carbocycles. The minimum atomic E-state index is -0.552. The SMILES string of the molecule is CCC(C)NC(=O)C(CC)N(Cc1ccccc1C)C(=O)COc1cc(C)cc(C)c1. The lowest BCUT2D eigenvalue weighted by atomic mass is 10.1. The minimum absolute atomic E-state index is 0.0588. The molecule has 2 amide bonds. The molecule has 168 valence electrons. The van der Waals surface area contributed by atoms with Crippen molar-refractivity contribution >= 4 is 11.8 Å². The van der Waals surface area contributed by atoms with Gasteiger partial charge in [0.2, 0.25) is 5.91 Å². The van der Waals surface area contributed by atoms with Gasteiger partial charge in [-0.05, 0) is 74.9 Å². The van der Waals surface area contributed by atoms with Crippen LogP contribution >= 0.6 is 0 Å². The number of nitrogens with zero attached hydrogens (tertiary/aromatic N) is 1. The number of carbonyl (C=O) groups is 2. The third-order valence-corrected chi connectivity index (χ3v) is 5.55. The highest BCUT2D eigenvalue weighted by Crippen LogP contribution is 2.19. The molecule has 1 N–H and O–H groups in total. The molecule has 0 radical (unpaired) electrons. The summed E-state index contributed by atoms with van der Waals surface area (Å²) in [5.74, 6) is 0.345. The number of carbonyl (C=O) groups excluding carboxylic acids is 2. The van der Waals surface area contributed by atoms with Gasteiger partial charge in [0.25, 0.3) is 5.91 Å². The first-order chi connectivity index (χ1) is 14.7. The number of nitrogens with one attached hydrogen (secondary N) is 1. The van der Waals surface area contributed by atoms with Gasteiger partial charge in [-0.3, -0.25) is 9.59 Å². The van der Waals surface area contributed by atoms with Gasteiger partial charge >= 0.3 is 0 Å². The van der Waals surface area contributed by atoms with E-state index in [9.17, 15) is 9.59 Å². The molecule has 2 rings (SSSR count). The van der Waals surface area contributed by atoms with Gasteiger partial charge in [-0.1, -0.05) is 44.2 Å². The van der Waals surface area contributed by atoms with Crippen LogP contribution in [0.3, 0.4) is 0 Å². The molecule has 0 aromatic heterocycles. The second kappa shape index (κ2) is 11.5. The van der Waals surface area contributed by atoms with E-state index in [0.717, 1.165) is 28.7 Å². The van der Waals surface area contributed by atoms with E-state index < -0.39 is 6.04 Å². The molecule has 0 aliphatic rings. The molecule has 31 heavy (non-hydrogen) atoms. The van der Waals surface area contributed by atoms with Crippen LogP contribution in [0.15, 0.2) is 42.5 Å².